The van der Waals surface area contributed by atoms with Crippen LogP contribution in [0.1, 0.15) is 37.4 Å². The van der Waals surface area contributed by atoms with Gasteiger partial charge < -0.3 is 10.6 Å². The summed E-state index contributed by atoms with van der Waals surface area (Å²) in [6.07, 6.45) is 2.36. The number of para-hydroxylation sites is 1. The molecule has 0 radical (unpaired) electrons. The molecular weight excluding hydrogens is 420 g/mol. The lowest BCUT2D eigenvalue weighted by molar-refractivity contribution is 0.0955. The van der Waals surface area contributed by atoms with Crippen LogP contribution >= 0.6 is 0 Å². The minimum Gasteiger partial charge on any atom is -0.352 e. The van der Waals surface area contributed by atoms with E-state index in [0.29, 0.717) is 23.4 Å². The van der Waals surface area contributed by atoms with Crippen LogP contribution in [0.3, 0.4) is 0 Å². The van der Waals surface area contributed by atoms with E-state index in [1.165, 1.54) is 5.56 Å². The standard InChI is InChI=1S/C30H28N2O2/c33-29(31-22-21-24-13-5-2-6-14-24)27-17-9-10-18-28(27)32-30(34)26-16-8-7-15-25(26)20-19-23-11-3-1-4-12-23/h1-18H,19-22H2,(H,31,33)(H,32,34). The summed E-state index contributed by atoms with van der Waals surface area (Å²) >= 11 is 0. The molecule has 0 aliphatic rings. The zero-order chi connectivity index (χ0) is 23.6. The molecule has 4 heteroatoms. The van der Waals surface area contributed by atoms with Crippen molar-refractivity contribution in [3.8, 4) is 0 Å². The Bertz CT molecular complexity index is 1240. The van der Waals surface area contributed by atoms with Crippen LogP contribution in [0.25, 0.3) is 0 Å². The van der Waals surface area contributed by atoms with Crippen molar-refractivity contribution in [3.63, 3.8) is 0 Å². The molecule has 0 fully saturated rings. The predicted molar refractivity (Wildman–Crippen MR) is 137 cm³/mol. The van der Waals surface area contributed by atoms with E-state index in [4.69, 9.17) is 0 Å². The zero-order valence-corrected chi connectivity index (χ0v) is 19.0. The molecule has 2 amide bonds. The van der Waals surface area contributed by atoms with Gasteiger partial charge in [0.25, 0.3) is 11.8 Å². The molecule has 2 N–H and O–H groups in total. The van der Waals surface area contributed by atoms with Crippen molar-refractivity contribution in [1.82, 2.24) is 5.32 Å². The second kappa shape index (κ2) is 11.6. The second-order valence-electron chi connectivity index (χ2n) is 8.13. The molecule has 0 aromatic heterocycles. The monoisotopic (exact) mass is 448 g/mol. The zero-order valence-electron chi connectivity index (χ0n) is 19.0. The molecule has 170 valence electrons. The summed E-state index contributed by atoms with van der Waals surface area (Å²) in [6.45, 7) is 0.521. The predicted octanol–water partition coefficient (Wildman–Crippen LogP) is 5.70. The third-order valence-corrected chi connectivity index (χ3v) is 5.75. The number of carbonyl (C=O) groups is 2. The van der Waals surface area contributed by atoms with Crippen LogP contribution in [-0.4, -0.2) is 18.4 Å². The smallest absolute Gasteiger partial charge is 0.255 e. The lowest BCUT2D eigenvalue weighted by Crippen LogP contribution is -2.27. The van der Waals surface area contributed by atoms with Crippen LogP contribution in [0.2, 0.25) is 0 Å². The lowest BCUT2D eigenvalue weighted by atomic mass is 9.99. The number of nitrogens with one attached hydrogen (secondary N) is 2. The Hall–Kier alpha value is -4.18. The van der Waals surface area contributed by atoms with Gasteiger partial charge in [-0.25, -0.2) is 0 Å². The van der Waals surface area contributed by atoms with Gasteiger partial charge in [-0.3, -0.25) is 9.59 Å². The van der Waals surface area contributed by atoms with Crippen LogP contribution in [-0.2, 0) is 19.3 Å². The van der Waals surface area contributed by atoms with Crippen molar-refractivity contribution in [1.29, 1.82) is 0 Å². The Labute approximate surface area is 200 Å². The normalized spacial score (nSPS) is 10.5. The van der Waals surface area contributed by atoms with Gasteiger partial charge in [0.15, 0.2) is 0 Å². The maximum Gasteiger partial charge on any atom is 0.255 e. The molecule has 0 aliphatic heterocycles. The molecule has 0 spiro atoms. The number of anilines is 1. The van der Waals surface area contributed by atoms with Crippen molar-refractivity contribution in [2.45, 2.75) is 19.3 Å². The Morgan fingerprint density at radius 2 is 1.09 bits per heavy atom. The first-order valence-electron chi connectivity index (χ1n) is 11.5. The van der Waals surface area contributed by atoms with E-state index in [2.05, 4.69) is 22.8 Å². The second-order valence-corrected chi connectivity index (χ2v) is 8.13. The van der Waals surface area contributed by atoms with Crippen molar-refractivity contribution in [2.24, 2.45) is 0 Å². The van der Waals surface area contributed by atoms with Gasteiger partial charge in [0.05, 0.1) is 11.3 Å². The average molecular weight is 449 g/mol. The molecule has 34 heavy (non-hydrogen) atoms. The number of hydrogen-bond donors (Lipinski definition) is 2. The molecule has 0 aliphatic carbocycles. The summed E-state index contributed by atoms with van der Waals surface area (Å²) in [5.74, 6) is -0.419. The van der Waals surface area contributed by atoms with Crippen LogP contribution in [0.15, 0.2) is 109 Å². The maximum absolute atomic E-state index is 13.2. The largest absolute Gasteiger partial charge is 0.352 e. The number of amides is 2. The molecule has 0 bridgehead atoms. The summed E-state index contributed by atoms with van der Waals surface area (Å²) in [6, 6.07) is 35.0. The fraction of sp³-hybridized carbons (Fsp3) is 0.133. The van der Waals surface area contributed by atoms with Gasteiger partial charge in [0, 0.05) is 12.1 Å². The minimum atomic E-state index is -0.215. The Kier molecular flexibility index (Phi) is 7.86. The van der Waals surface area contributed by atoms with Gasteiger partial charge in [-0.2, -0.15) is 0 Å². The van der Waals surface area contributed by atoms with Crippen molar-refractivity contribution < 1.29 is 9.59 Å². The Morgan fingerprint density at radius 1 is 0.529 bits per heavy atom. The summed E-state index contributed by atoms with van der Waals surface area (Å²) in [5.41, 5.74) is 4.95. The highest BCUT2D eigenvalue weighted by Gasteiger charge is 2.16. The first-order valence-corrected chi connectivity index (χ1v) is 11.5. The van der Waals surface area contributed by atoms with Crippen molar-refractivity contribution in [2.75, 3.05) is 11.9 Å². The molecule has 0 atom stereocenters. The summed E-state index contributed by atoms with van der Waals surface area (Å²) in [7, 11) is 0. The van der Waals surface area contributed by atoms with E-state index in [9.17, 15) is 9.59 Å². The molecule has 4 aromatic carbocycles. The fourth-order valence-corrected chi connectivity index (χ4v) is 3.92. The summed E-state index contributed by atoms with van der Waals surface area (Å²) in [5, 5.41) is 5.92. The fourth-order valence-electron chi connectivity index (χ4n) is 3.92. The topological polar surface area (TPSA) is 58.2 Å². The highest BCUT2D eigenvalue weighted by molar-refractivity contribution is 6.09. The molecule has 0 saturated carbocycles. The first kappa shape index (κ1) is 23.0. The van der Waals surface area contributed by atoms with E-state index in [0.717, 1.165) is 30.4 Å². The number of carbonyl (C=O) groups excluding carboxylic acids is 2. The maximum atomic E-state index is 13.2. The highest BCUT2D eigenvalue weighted by Crippen LogP contribution is 2.19. The van der Waals surface area contributed by atoms with E-state index < -0.39 is 0 Å². The van der Waals surface area contributed by atoms with Crippen LogP contribution in [0, 0.1) is 0 Å². The molecule has 0 unspecified atom stereocenters. The summed E-state index contributed by atoms with van der Waals surface area (Å²) < 4.78 is 0. The summed E-state index contributed by atoms with van der Waals surface area (Å²) in [4.78, 5) is 26.0. The van der Waals surface area contributed by atoms with Gasteiger partial charge in [-0.1, -0.05) is 91.0 Å². The molecule has 4 aromatic rings. The number of benzene rings is 4. The quantitative estimate of drug-likeness (QED) is 0.345. The lowest BCUT2D eigenvalue weighted by Gasteiger charge is -2.13. The minimum absolute atomic E-state index is 0.204. The van der Waals surface area contributed by atoms with Crippen LogP contribution in [0.4, 0.5) is 5.69 Å². The third-order valence-electron chi connectivity index (χ3n) is 5.75. The van der Waals surface area contributed by atoms with Crippen LogP contribution < -0.4 is 10.6 Å². The molecular formula is C30H28N2O2. The molecule has 0 saturated heterocycles. The first-order chi connectivity index (χ1) is 16.7. The van der Waals surface area contributed by atoms with Gasteiger partial charge >= 0.3 is 0 Å². The van der Waals surface area contributed by atoms with Gasteiger partial charge in [-0.15, -0.1) is 0 Å². The highest BCUT2D eigenvalue weighted by atomic mass is 16.2. The van der Waals surface area contributed by atoms with E-state index in [-0.39, 0.29) is 11.8 Å². The van der Waals surface area contributed by atoms with Gasteiger partial charge in [-0.05, 0) is 54.2 Å². The van der Waals surface area contributed by atoms with Crippen LogP contribution in [0.5, 0.6) is 0 Å². The Balaban J connectivity index is 1.42. The molecule has 0 heterocycles. The number of hydrogen-bond acceptors (Lipinski definition) is 2. The van der Waals surface area contributed by atoms with Crippen molar-refractivity contribution in [3.05, 3.63) is 137 Å². The van der Waals surface area contributed by atoms with Gasteiger partial charge in [0.2, 0.25) is 0 Å². The molecule has 4 nitrogen and oxygen atoms in total. The average Bonchev–Trinajstić information content (AvgIpc) is 2.89. The number of rotatable bonds is 9. The SMILES string of the molecule is O=C(Nc1ccccc1C(=O)NCCc1ccccc1)c1ccccc1CCc1ccccc1. The number of aryl methyl sites for hydroxylation is 2. The van der Waals surface area contributed by atoms with Crippen molar-refractivity contribution >= 4 is 17.5 Å². The molecule has 4 rings (SSSR count). The van der Waals surface area contributed by atoms with Gasteiger partial charge in [0.1, 0.15) is 0 Å². The third kappa shape index (κ3) is 6.20. The van der Waals surface area contributed by atoms with E-state index in [1.807, 2.05) is 78.9 Å². The van der Waals surface area contributed by atoms with E-state index in [1.54, 1.807) is 18.2 Å². The Morgan fingerprint density at radius 3 is 1.79 bits per heavy atom. The van der Waals surface area contributed by atoms with E-state index >= 15 is 0 Å².